The summed E-state index contributed by atoms with van der Waals surface area (Å²) < 4.78 is 103. The molecule has 1 N–H and O–H groups in total. The molecule has 0 radical (unpaired) electrons. The van der Waals surface area contributed by atoms with Crippen LogP contribution >= 0.6 is 0 Å². The van der Waals surface area contributed by atoms with Gasteiger partial charge in [0.2, 0.25) is 0 Å². The Hall–Kier alpha value is -6.15. The normalized spacial score (nSPS) is 12.8. The Kier molecular flexibility index (Phi) is 9.05. The second-order valence-corrected chi connectivity index (χ2v) is 13.8. The molecule has 0 aliphatic carbocycles. The molecule has 260 valence electrons. The van der Waals surface area contributed by atoms with E-state index in [1.807, 2.05) is 6.07 Å². The molecular formula is C39H24F5N3O4S. The standard InChI is InChI=1S/C39H24F5N3O4S/c1-21(48)39(2,49)26-17-30(41)34(31(42)18-26)23-6-4-7-24(16-23)37-36(35-25(20-45)8-5-9-32(35)46-3)29-19-27(40)12-15-33(29)47(37)52(50,51)28-13-10-22(11-14-28)38(43)44/h4-19,38,49H,1-2H3. The van der Waals surface area contributed by atoms with Crippen molar-refractivity contribution < 1.29 is 40.3 Å². The molecule has 7 nitrogen and oxygen atoms in total. The van der Waals surface area contributed by atoms with E-state index in [1.165, 1.54) is 42.5 Å². The number of halogens is 5. The predicted molar refractivity (Wildman–Crippen MR) is 183 cm³/mol. The molecule has 5 aromatic carbocycles. The number of hydrogen-bond acceptors (Lipinski definition) is 5. The Bertz CT molecular complexity index is 2580. The Morgan fingerprint density at radius 2 is 1.52 bits per heavy atom. The molecule has 6 rings (SSSR count). The first-order valence-electron chi connectivity index (χ1n) is 15.3. The topological polar surface area (TPSA) is 105 Å². The van der Waals surface area contributed by atoms with Crippen LogP contribution < -0.4 is 0 Å². The van der Waals surface area contributed by atoms with Gasteiger partial charge in [0, 0.05) is 33.2 Å². The number of fused-ring (bicyclic) bond motifs is 1. The Morgan fingerprint density at radius 3 is 2.12 bits per heavy atom. The van der Waals surface area contributed by atoms with E-state index < -0.39 is 61.3 Å². The maximum atomic E-state index is 15.7. The van der Waals surface area contributed by atoms with E-state index in [1.54, 1.807) is 0 Å². The number of hydrogen-bond donors (Lipinski definition) is 1. The number of carbonyl (C=O) groups excluding carboxylic acids is 1. The van der Waals surface area contributed by atoms with Gasteiger partial charge in [-0.1, -0.05) is 42.5 Å². The van der Waals surface area contributed by atoms with Crippen molar-refractivity contribution in [3.05, 3.63) is 143 Å². The van der Waals surface area contributed by atoms with Crippen molar-refractivity contribution >= 4 is 32.4 Å². The largest absolute Gasteiger partial charge is 0.378 e. The highest BCUT2D eigenvalue weighted by Gasteiger charge is 2.33. The van der Waals surface area contributed by atoms with E-state index in [9.17, 15) is 32.4 Å². The highest BCUT2D eigenvalue weighted by atomic mass is 32.2. The average Bonchev–Trinajstić information content (AvgIpc) is 3.45. The summed E-state index contributed by atoms with van der Waals surface area (Å²) in [5.74, 6) is -3.88. The van der Waals surface area contributed by atoms with Crippen LogP contribution in [-0.2, 0) is 20.4 Å². The van der Waals surface area contributed by atoms with Crippen LogP contribution in [0.25, 0.3) is 49.3 Å². The van der Waals surface area contributed by atoms with E-state index in [2.05, 4.69) is 4.85 Å². The zero-order chi connectivity index (χ0) is 37.7. The number of alkyl halides is 2. The number of rotatable bonds is 8. The predicted octanol–water partition coefficient (Wildman–Crippen LogP) is 9.45. The molecule has 1 aromatic heterocycles. The van der Waals surface area contributed by atoms with Crippen molar-refractivity contribution in [3.8, 4) is 39.6 Å². The zero-order valence-corrected chi connectivity index (χ0v) is 27.9. The molecular weight excluding hydrogens is 702 g/mol. The van der Waals surface area contributed by atoms with Gasteiger partial charge in [-0.05, 0) is 79.6 Å². The van der Waals surface area contributed by atoms with Gasteiger partial charge in [0.25, 0.3) is 16.4 Å². The molecule has 0 amide bonds. The quantitative estimate of drug-likeness (QED) is 0.124. The molecule has 1 atom stereocenters. The van der Waals surface area contributed by atoms with E-state index in [0.29, 0.717) is 0 Å². The number of benzene rings is 5. The van der Waals surface area contributed by atoms with Gasteiger partial charge >= 0.3 is 0 Å². The van der Waals surface area contributed by atoms with Crippen molar-refractivity contribution in [2.24, 2.45) is 0 Å². The minimum absolute atomic E-state index is 0.0147. The monoisotopic (exact) mass is 725 g/mol. The molecule has 0 aliphatic heterocycles. The van der Waals surface area contributed by atoms with E-state index in [0.717, 1.165) is 72.4 Å². The SMILES string of the molecule is [C-]#[N+]c1cccc(C#N)c1-c1c(-c2cccc(-c3c(F)cc(C(C)(O)C(C)=O)cc3F)c2)n(S(=O)(=O)c2ccc(C(F)F)cc2)c2ccc(F)cc12. The van der Waals surface area contributed by atoms with Crippen molar-refractivity contribution in [2.75, 3.05) is 0 Å². The Balaban J connectivity index is 1.74. The van der Waals surface area contributed by atoms with Gasteiger partial charge in [0.1, 0.15) is 23.1 Å². The summed E-state index contributed by atoms with van der Waals surface area (Å²) in [4.78, 5) is 15.1. The third-order valence-electron chi connectivity index (χ3n) is 8.80. The molecule has 0 aliphatic rings. The van der Waals surface area contributed by atoms with E-state index in [4.69, 9.17) is 6.57 Å². The van der Waals surface area contributed by atoms with Crippen molar-refractivity contribution in [1.29, 1.82) is 5.26 Å². The number of aliphatic hydroxyl groups is 1. The maximum absolute atomic E-state index is 15.7. The third-order valence-corrected chi connectivity index (χ3v) is 10.5. The first-order chi connectivity index (χ1) is 24.6. The van der Waals surface area contributed by atoms with Gasteiger partial charge in [0.05, 0.1) is 34.3 Å². The van der Waals surface area contributed by atoms with Crippen LogP contribution in [0, 0.1) is 35.4 Å². The van der Waals surface area contributed by atoms with Crippen LogP contribution in [0.1, 0.15) is 37.0 Å². The summed E-state index contributed by atoms with van der Waals surface area (Å²) in [6, 6.07) is 20.1. The van der Waals surface area contributed by atoms with E-state index >= 15 is 13.2 Å². The summed E-state index contributed by atoms with van der Waals surface area (Å²) >= 11 is 0. The van der Waals surface area contributed by atoms with E-state index in [-0.39, 0.29) is 55.7 Å². The van der Waals surface area contributed by atoms with Gasteiger partial charge in [-0.25, -0.2) is 39.2 Å². The van der Waals surface area contributed by atoms with Crippen LogP contribution in [0.5, 0.6) is 0 Å². The molecule has 0 bridgehead atoms. The maximum Gasteiger partial charge on any atom is 0.268 e. The van der Waals surface area contributed by atoms with Crippen LogP contribution in [0.4, 0.5) is 27.6 Å². The summed E-state index contributed by atoms with van der Waals surface area (Å²) in [6.45, 7) is 10.0. The molecule has 0 saturated heterocycles. The summed E-state index contributed by atoms with van der Waals surface area (Å²) in [5.41, 5.74) is -4.36. The molecule has 0 spiro atoms. The van der Waals surface area contributed by atoms with Gasteiger partial charge in [-0.3, -0.25) is 4.79 Å². The van der Waals surface area contributed by atoms with Crippen molar-refractivity contribution in [1.82, 2.24) is 3.97 Å². The minimum Gasteiger partial charge on any atom is -0.378 e. The molecule has 52 heavy (non-hydrogen) atoms. The van der Waals surface area contributed by atoms with Crippen LogP contribution in [0.3, 0.4) is 0 Å². The first-order valence-corrected chi connectivity index (χ1v) is 16.8. The van der Waals surface area contributed by atoms with Crippen molar-refractivity contribution in [2.45, 2.75) is 30.8 Å². The second kappa shape index (κ2) is 13.2. The summed E-state index contributed by atoms with van der Waals surface area (Å²) in [7, 11) is -4.77. The summed E-state index contributed by atoms with van der Waals surface area (Å²) in [5, 5.41) is 20.7. The fourth-order valence-electron chi connectivity index (χ4n) is 6.03. The molecule has 0 saturated carbocycles. The number of carbonyl (C=O) groups is 1. The first kappa shape index (κ1) is 35.7. The Morgan fingerprint density at radius 1 is 0.885 bits per heavy atom. The van der Waals surface area contributed by atoms with Gasteiger partial charge < -0.3 is 5.11 Å². The van der Waals surface area contributed by atoms with Crippen LogP contribution in [0.2, 0.25) is 0 Å². The third kappa shape index (κ3) is 5.90. The van der Waals surface area contributed by atoms with Crippen LogP contribution in [0.15, 0.2) is 102 Å². The summed E-state index contributed by atoms with van der Waals surface area (Å²) in [6.07, 6.45) is -2.89. The highest BCUT2D eigenvalue weighted by molar-refractivity contribution is 7.90. The van der Waals surface area contributed by atoms with Gasteiger partial charge in [-0.15, -0.1) is 0 Å². The van der Waals surface area contributed by atoms with Crippen LogP contribution in [-0.4, -0.2) is 23.3 Å². The fraction of sp³-hybridized carbons (Fsp3) is 0.103. The smallest absolute Gasteiger partial charge is 0.268 e. The number of ketones is 1. The number of nitriles is 1. The minimum atomic E-state index is -4.77. The second-order valence-electron chi connectivity index (χ2n) is 12.0. The Labute approximate surface area is 294 Å². The lowest BCUT2D eigenvalue weighted by Gasteiger charge is -2.21. The number of aromatic nitrogens is 1. The highest BCUT2D eigenvalue weighted by Crippen LogP contribution is 2.48. The number of nitrogens with zero attached hydrogens (tertiary/aromatic N) is 3. The lowest BCUT2D eigenvalue weighted by molar-refractivity contribution is -0.134. The molecule has 1 heterocycles. The molecule has 0 fully saturated rings. The van der Waals surface area contributed by atoms with Crippen molar-refractivity contribution in [3.63, 3.8) is 0 Å². The van der Waals surface area contributed by atoms with Gasteiger partial charge in [-0.2, -0.15) is 5.26 Å². The molecule has 6 aromatic rings. The molecule has 13 heteroatoms. The van der Waals surface area contributed by atoms with Gasteiger partial charge in [0.15, 0.2) is 11.5 Å². The molecule has 1 unspecified atom stereocenters. The lowest BCUT2D eigenvalue weighted by Crippen LogP contribution is -2.30. The average molecular weight is 726 g/mol. The number of Topliss-reactive ketones (excluding diaryl/α,β-unsaturated/α-hetero) is 1. The zero-order valence-electron chi connectivity index (χ0n) is 27.1. The fourth-order valence-corrected chi connectivity index (χ4v) is 7.58. The lowest BCUT2D eigenvalue weighted by atomic mass is 9.89.